The SMILES string of the molecule is CC1(C)c2cc(-c3cc4ccccc4c4ccccc34)ccc2-c2ccc(N(c3ccccc3)c3ccc4cc(-c5ccccc5)ccc4c3)cc21.CC1(C)c2cc(-c3ccc4ccccc4c3)ccc2-c2ccc(N(c3ccccc3)c3ccc4cc(-c5ccccc5)ccc4c3)cc21.CC1(C)c2cc(-c3cccc4ccccc34)ccc2-c2ccc(N(c3ccccc3)c3ccc4cc(-c5ccccc5)ccc4c3)cc21. The molecule has 25 aromatic carbocycles. The van der Waals surface area contributed by atoms with E-state index in [9.17, 15) is 0 Å². The molecule has 0 radical (unpaired) electrons. The van der Waals surface area contributed by atoms with Crippen LogP contribution in [0.5, 0.6) is 0 Å². The molecule has 0 aliphatic heterocycles. The lowest BCUT2D eigenvalue weighted by Gasteiger charge is -2.28. The Kier molecular flexibility index (Phi) is 22.4. The van der Waals surface area contributed by atoms with Crippen LogP contribution in [0.15, 0.2) is 540 Å². The number of rotatable bonds is 15. The van der Waals surface area contributed by atoms with Gasteiger partial charge in [-0.2, -0.15) is 0 Å². The van der Waals surface area contributed by atoms with E-state index >= 15 is 0 Å². The van der Waals surface area contributed by atoms with Gasteiger partial charge < -0.3 is 14.7 Å². The summed E-state index contributed by atoms with van der Waals surface area (Å²) in [4.78, 5) is 7.19. The van der Waals surface area contributed by atoms with Crippen LogP contribution in [0.4, 0.5) is 51.2 Å². The van der Waals surface area contributed by atoms with E-state index in [1.807, 2.05) is 0 Å². The maximum absolute atomic E-state index is 2.45. The van der Waals surface area contributed by atoms with E-state index in [4.69, 9.17) is 0 Å². The molecule has 3 aliphatic carbocycles. The zero-order valence-corrected chi connectivity index (χ0v) is 83.7. The fourth-order valence-electron chi connectivity index (χ4n) is 23.9. The van der Waals surface area contributed by atoms with Gasteiger partial charge in [0.1, 0.15) is 0 Å². The average molecular weight is 1890 g/mol. The molecule has 0 amide bonds. The summed E-state index contributed by atoms with van der Waals surface area (Å²) >= 11 is 0. The maximum atomic E-state index is 2.45. The smallest absolute Gasteiger partial charge is 0.0468 e. The van der Waals surface area contributed by atoms with E-state index in [1.165, 1.54) is 209 Å². The van der Waals surface area contributed by atoms with Crippen molar-refractivity contribution in [1.29, 1.82) is 0 Å². The highest BCUT2D eigenvalue weighted by Gasteiger charge is 2.40. The third kappa shape index (κ3) is 16.1. The average Bonchev–Trinajstić information content (AvgIpc) is 1.57. The molecule has 0 bridgehead atoms. The first kappa shape index (κ1) is 89.8. The van der Waals surface area contributed by atoms with Crippen molar-refractivity contribution in [2.24, 2.45) is 0 Å². The first-order valence-corrected chi connectivity index (χ1v) is 51.7. The molecule has 0 N–H and O–H groups in total. The molecule has 3 nitrogen and oxygen atoms in total. The molecule has 702 valence electrons. The van der Waals surface area contributed by atoms with Gasteiger partial charge in [-0.25, -0.2) is 0 Å². The lowest BCUT2D eigenvalue weighted by molar-refractivity contribution is 0.660. The van der Waals surface area contributed by atoms with Crippen molar-refractivity contribution in [3.05, 3.63) is 573 Å². The van der Waals surface area contributed by atoms with Crippen LogP contribution in [-0.4, -0.2) is 0 Å². The molecule has 0 spiro atoms. The predicted octanol–water partition coefficient (Wildman–Crippen LogP) is 40.5. The molecule has 0 heterocycles. The lowest BCUT2D eigenvalue weighted by atomic mass is 9.81. The van der Waals surface area contributed by atoms with Crippen molar-refractivity contribution >= 4 is 127 Å². The first-order valence-electron chi connectivity index (χ1n) is 51.7. The Labute approximate surface area is 866 Å². The van der Waals surface area contributed by atoms with Crippen molar-refractivity contribution in [3.8, 4) is 100 Å². The number of anilines is 9. The van der Waals surface area contributed by atoms with Crippen molar-refractivity contribution in [1.82, 2.24) is 0 Å². The van der Waals surface area contributed by atoms with E-state index in [1.54, 1.807) is 0 Å². The van der Waals surface area contributed by atoms with Crippen LogP contribution < -0.4 is 14.7 Å². The number of nitrogens with zero attached hydrogens (tertiary/aromatic N) is 3. The Morgan fingerprint density at radius 2 is 0.358 bits per heavy atom. The van der Waals surface area contributed by atoms with Gasteiger partial charge in [0, 0.05) is 67.4 Å². The van der Waals surface area contributed by atoms with Gasteiger partial charge in [-0.05, 0) is 367 Å². The zero-order valence-electron chi connectivity index (χ0n) is 83.7. The number of hydrogen-bond acceptors (Lipinski definition) is 3. The Morgan fingerprint density at radius 1 is 0.115 bits per heavy atom. The zero-order chi connectivity index (χ0) is 99.3. The number of hydrogen-bond donors (Lipinski definition) is 0. The minimum absolute atomic E-state index is 0.146. The first-order chi connectivity index (χ1) is 72.6. The van der Waals surface area contributed by atoms with Crippen molar-refractivity contribution < 1.29 is 0 Å². The second-order valence-electron chi connectivity index (χ2n) is 41.5. The van der Waals surface area contributed by atoms with Gasteiger partial charge in [-0.1, -0.05) is 424 Å². The van der Waals surface area contributed by atoms with Crippen LogP contribution in [0.2, 0.25) is 0 Å². The Balaban J connectivity index is 0.000000112. The van der Waals surface area contributed by atoms with Crippen molar-refractivity contribution in [3.63, 3.8) is 0 Å². The van der Waals surface area contributed by atoms with Gasteiger partial charge in [-0.3, -0.25) is 0 Å². The molecule has 3 aliphatic rings. The molecule has 0 fully saturated rings. The molecule has 28 rings (SSSR count). The van der Waals surface area contributed by atoms with Gasteiger partial charge in [-0.15, -0.1) is 0 Å². The largest absolute Gasteiger partial charge is 0.310 e. The molecule has 148 heavy (non-hydrogen) atoms. The molecule has 0 atom stereocenters. The predicted molar refractivity (Wildman–Crippen MR) is 631 cm³/mol. The quantitative estimate of drug-likeness (QED) is 0.0947. The summed E-state index contributed by atoms with van der Waals surface area (Å²) in [6.45, 7) is 14.3. The van der Waals surface area contributed by atoms with Crippen molar-refractivity contribution in [2.45, 2.75) is 57.8 Å². The minimum Gasteiger partial charge on any atom is -0.310 e. The molecule has 25 aromatic rings. The fraction of sp³-hybridized carbons (Fsp3) is 0.0621. The molecule has 0 saturated heterocycles. The standard InChI is InChI=1S/C51H37N.2C47H35N/c1-51(2)49-32-39(48-31-38-15-9-10-18-43(38)44-19-11-12-20-45(44)48)24-27-46(49)47-28-26-42(33-50(47)51)52(40-16-7-4-8-17-40)41-25-23-36-29-35(21-22-37(36)30-41)34-13-5-3-6-14-34;1-47(2)45-30-37(42-19-11-15-33-14-9-10-18-41(33)42)23-26-43(45)44-27-25-40(31-46(44)47)48(38-16-7-4-8-17-38)39-24-22-35-28-34(20-21-36(35)29-39)32-12-5-3-6-13-32;1-47(2)45-30-39(36-18-17-33-13-9-10-14-34(33)27-36)22-25-43(45)44-26-24-42(31-46(44)47)48(40-15-7-4-8-16-40)41-23-21-37-28-35(19-20-38(37)29-41)32-11-5-3-6-12-32/h3-33H,1-2H3;2*3-31H,1-2H3. The Morgan fingerprint density at radius 3 is 0.764 bits per heavy atom. The molecular formula is C145H107N3. The van der Waals surface area contributed by atoms with Crippen LogP contribution in [-0.2, 0) is 16.2 Å². The summed E-state index contributed by atoms with van der Waals surface area (Å²) in [5.41, 5.74) is 41.1. The summed E-state index contributed by atoms with van der Waals surface area (Å²) in [6.07, 6.45) is 0. The van der Waals surface area contributed by atoms with Crippen LogP contribution in [0, 0.1) is 0 Å². The van der Waals surface area contributed by atoms with Gasteiger partial charge in [0.2, 0.25) is 0 Å². The third-order valence-electron chi connectivity index (χ3n) is 31.6. The summed E-state index contributed by atoms with van der Waals surface area (Å²) in [6, 6.07) is 198. The normalized spacial score (nSPS) is 13.0. The topological polar surface area (TPSA) is 9.72 Å². The van der Waals surface area contributed by atoms with Gasteiger partial charge in [0.15, 0.2) is 0 Å². The van der Waals surface area contributed by atoms with E-state index in [2.05, 4.69) is 596 Å². The van der Waals surface area contributed by atoms with Crippen LogP contribution in [0.1, 0.15) is 74.9 Å². The van der Waals surface area contributed by atoms with Crippen LogP contribution in [0.3, 0.4) is 0 Å². The van der Waals surface area contributed by atoms with Crippen LogP contribution >= 0.6 is 0 Å². The van der Waals surface area contributed by atoms with E-state index in [-0.39, 0.29) is 16.2 Å². The fourth-order valence-corrected chi connectivity index (χ4v) is 23.9. The highest BCUT2D eigenvalue weighted by Crippen LogP contribution is 2.57. The van der Waals surface area contributed by atoms with Gasteiger partial charge >= 0.3 is 0 Å². The number of benzene rings is 25. The lowest BCUT2D eigenvalue weighted by Crippen LogP contribution is -2.16. The number of fused-ring (bicyclic) bond motifs is 17. The second kappa shape index (κ2) is 36.8. The third-order valence-corrected chi connectivity index (χ3v) is 31.6. The second-order valence-corrected chi connectivity index (χ2v) is 41.5. The highest BCUT2D eigenvalue weighted by atomic mass is 15.2. The summed E-state index contributed by atoms with van der Waals surface area (Å²) < 4.78 is 0. The van der Waals surface area contributed by atoms with Crippen LogP contribution in [0.25, 0.3) is 176 Å². The monoisotopic (exact) mass is 1890 g/mol. The molecule has 3 heteroatoms. The maximum Gasteiger partial charge on any atom is 0.0468 e. The van der Waals surface area contributed by atoms with E-state index in [0.29, 0.717) is 0 Å². The summed E-state index contributed by atoms with van der Waals surface area (Å²) in [5.74, 6) is 0. The minimum atomic E-state index is -0.178. The van der Waals surface area contributed by atoms with E-state index in [0.717, 1.165) is 51.2 Å². The van der Waals surface area contributed by atoms with Gasteiger partial charge in [0.25, 0.3) is 0 Å². The molecule has 0 aromatic heterocycles. The molecule has 0 unspecified atom stereocenters. The molecule has 0 saturated carbocycles. The van der Waals surface area contributed by atoms with E-state index < -0.39 is 0 Å². The number of para-hydroxylation sites is 3. The van der Waals surface area contributed by atoms with Gasteiger partial charge in [0.05, 0.1) is 0 Å². The highest BCUT2D eigenvalue weighted by molar-refractivity contribution is 6.14. The summed E-state index contributed by atoms with van der Waals surface area (Å²) in [7, 11) is 0. The Bertz CT molecular complexity index is 9480. The molecular weight excluding hydrogens is 1780 g/mol. The summed E-state index contributed by atoms with van der Waals surface area (Å²) in [5, 5.41) is 17.7. The van der Waals surface area contributed by atoms with Crippen molar-refractivity contribution in [2.75, 3.05) is 14.7 Å². The Hall–Kier alpha value is -18.3.